The van der Waals surface area contributed by atoms with Crippen molar-refractivity contribution in [2.75, 3.05) is 16.9 Å². The molecule has 0 saturated heterocycles. The van der Waals surface area contributed by atoms with E-state index in [0.29, 0.717) is 11.4 Å². The molecule has 16 heavy (non-hydrogen) atoms. The number of rotatable bonds is 3. The third kappa shape index (κ3) is 4.21. The van der Waals surface area contributed by atoms with E-state index in [4.69, 9.17) is 11.5 Å². The second-order valence-electron chi connectivity index (χ2n) is 5.03. The minimum Gasteiger partial charge on any atom is -0.399 e. The highest BCUT2D eigenvalue weighted by atomic mass is 15.3. The number of nitrogens with two attached hydrogens (primary N) is 2. The maximum absolute atomic E-state index is 5.77. The van der Waals surface area contributed by atoms with E-state index in [1.54, 1.807) is 12.1 Å². The van der Waals surface area contributed by atoms with Gasteiger partial charge in [0, 0.05) is 11.9 Å². The topological polar surface area (TPSA) is 76.4 Å². The van der Waals surface area contributed by atoms with Crippen molar-refractivity contribution in [1.82, 2.24) is 0 Å². The van der Waals surface area contributed by atoms with Gasteiger partial charge in [0.15, 0.2) is 0 Å². The van der Waals surface area contributed by atoms with Crippen LogP contribution in [0.2, 0.25) is 0 Å². The van der Waals surface area contributed by atoms with E-state index in [9.17, 15) is 0 Å². The zero-order valence-corrected chi connectivity index (χ0v) is 10.1. The molecule has 88 valence electrons. The van der Waals surface area contributed by atoms with E-state index in [0.717, 1.165) is 12.1 Å². The molecule has 5 N–H and O–H groups in total. The molecule has 0 amide bonds. The smallest absolute Gasteiger partial charge is 0.0792 e. The third-order valence-electron chi connectivity index (χ3n) is 2.06. The number of nitrogen functional groups attached to an aromatic ring is 2. The van der Waals surface area contributed by atoms with Crippen LogP contribution in [0.1, 0.15) is 27.2 Å². The molecule has 0 unspecified atom stereocenters. The van der Waals surface area contributed by atoms with E-state index in [-0.39, 0.29) is 5.41 Å². The summed E-state index contributed by atoms with van der Waals surface area (Å²) < 4.78 is 0. The minimum atomic E-state index is 0.248. The van der Waals surface area contributed by atoms with E-state index < -0.39 is 0 Å². The van der Waals surface area contributed by atoms with Crippen LogP contribution in [0, 0.1) is 5.41 Å². The van der Waals surface area contributed by atoms with E-state index in [1.165, 1.54) is 0 Å². The van der Waals surface area contributed by atoms with Crippen LogP contribution in [0.3, 0.4) is 0 Å². The molecule has 0 radical (unpaired) electrons. The second-order valence-corrected chi connectivity index (χ2v) is 5.03. The van der Waals surface area contributed by atoms with Gasteiger partial charge in [-0.1, -0.05) is 20.8 Å². The third-order valence-corrected chi connectivity index (χ3v) is 2.06. The molecule has 0 bridgehead atoms. The highest BCUT2D eigenvalue weighted by Crippen LogP contribution is 2.21. The number of hydrogen-bond acceptors (Lipinski definition) is 4. The van der Waals surface area contributed by atoms with E-state index in [1.807, 2.05) is 12.3 Å². The molecule has 0 heterocycles. The van der Waals surface area contributed by atoms with E-state index >= 15 is 0 Å². The van der Waals surface area contributed by atoms with Crippen molar-refractivity contribution in [3.8, 4) is 0 Å². The van der Waals surface area contributed by atoms with Gasteiger partial charge in [0.1, 0.15) is 0 Å². The fourth-order valence-electron chi connectivity index (χ4n) is 1.12. The van der Waals surface area contributed by atoms with Gasteiger partial charge in [0.05, 0.1) is 11.4 Å². The molecular formula is C12H20N4. The van der Waals surface area contributed by atoms with Crippen molar-refractivity contribution in [3.63, 3.8) is 0 Å². The predicted molar refractivity (Wildman–Crippen MR) is 71.5 cm³/mol. The minimum absolute atomic E-state index is 0.248. The zero-order valence-electron chi connectivity index (χ0n) is 10.1. The van der Waals surface area contributed by atoms with Crippen LogP contribution >= 0.6 is 0 Å². The largest absolute Gasteiger partial charge is 0.399 e. The Balaban J connectivity index is 2.55. The first-order valence-electron chi connectivity index (χ1n) is 5.31. The van der Waals surface area contributed by atoms with Crippen molar-refractivity contribution >= 4 is 23.3 Å². The Morgan fingerprint density at radius 2 is 2.00 bits per heavy atom. The quantitative estimate of drug-likeness (QED) is 0.416. The van der Waals surface area contributed by atoms with Crippen LogP contribution in [0.5, 0.6) is 0 Å². The van der Waals surface area contributed by atoms with Gasteiger partial charge in [0.2, 0.25) is 0 Å². The molecule has 4 nitrogen and oxygen atoms in total. The summed E-state index contributed by atoms with van der Waals surface area (Å²) in [5.41, 5.74) is 16.6. The van der Waals surface area contributed by atoms with Crippen LogP contribution < -0.4 is 16.9 Å². The molecule has 0 aromatic heterocycles. The van der Waals surface area contributed by atoms with Gasteiger partial charge in [-0.15, -0.1) is 0 Å². The fraction of sp³-hybridized carbons (Fsp3) is 0.417. The number of hydrazone groups is 1. The Labute approximate surface area is 96.7 Å². The molecule has 0 atom stereocenters. The predicted octanol–water partition coefficient (Wildman–Crippen LogP) is 2.68. The summed E-state index contributed by atoms with van der Waals surface area (Å²) in [5.74, 6) is 0. The van der Waals surface area contributed by atoms with Gasteiger partial charge >= 0.3 is 0 Å². The maximum Gasteiger partial charge on any atom is 0.0792 e. The van der Waals surface area contributed by atoms with Crippen molar-refractivity contribution in [3.05, 3.63) is 18.2 Å². The Morgan fingerprint density at radius 3 is 2.56 bits per heavy atom. The average Bonchev–Trinajstić information content (AvgIpc) is 2.13. The number of anilines is 3. The number of benzene rings is 1. The second kappa shape index (κ2) is 4.88. The zero-order chi connectivity index (χ0) is 12.2. The Morgan fingerprint density at radius 1 is 1.31 bits per heavy atom. The molecule has 0 saturated carbocycles. The summed E-state index contributed by atoms with van der Waals surface area (Å²) in [5, 5.41) is 4.12. The fourth-order valence-corrected chi connectivity index (χ4v) is 1.12. The Bertz CT molecular complexity index is 377. The lowest BCUT2D eigenvalue weighted by atomic mass is 9.93. The van der Waals surface area contributed by atoms with Gasteiger partial charge in [0.25, 0.3) is 0 Å². The van der Waals surface area contributed by atoms with Crippen LogP contribution in [0.15, 0.2) is 23.3 Å². The lowest BCUT2D eigenvalue weighted by molar-refractivity contribution is 0.437. The molecule has 1 aromatic rings. The molecule has 0 aliphatic heterocycles. The highest BCUT2D eigenvalue weighted by Gasteiger charge is 2.06. The molecular weight excluding hydrogens is 200 g/mol. The molecule has 1 rings (SSSR count). The number of nitrogens with zero attached hydrogens (tertiary/aromatic N) is 1. The van der Waals surface area contributed by atoms with Gasteiger partial charge in [-0.25, -0.2) is 0 Å². The highest BCUT2D eigenvalue weighted by molar-refractivity contribution is 5.71. The first kappa shape index (κ1) is 12.4. The number of hydrogen-bond donors (Lipinski definition) is 3. The standard InChI is InChI=1S/C12H20N4/c1-12(2,3)6-7-15-16-11-5-4-9(13)8-10(11)14/h4-5,7-8,16H,6,13-14H2,1-3H3/b15-7+. The lowest BCUT2D eigenvalue weighted by Gasteiger charge is -2.14. The molecule has 4 heteroatoms. The summed E-state index contributed by atoms with van der Waals surface area (Å²) in [4.78, 5) is 0. The van der Waals surface area contributed by atoms with E-state index in [2.05, 4.69) is 31.3 Å². The molecule has 0 spiro atoms. The van der Waals surface area contributed by atoms with Crippen LogP contribution in [0.25, 0.3) is 0 Å². The summed E-state index contributed by atoms with van der Waals surface area (Å²) in [7, 11) is 0. The summed E-state index contributed by atoms with van der Waals surface area (Å²) in [6.45, 7) is 6.49. The maximum atomic E-state index is 5.77. The molecule has 0 fully saturated rings. The van der Waals surface area contributed by atoms with Crippen molar-refractivity contribution < 1.29 is 0 Å². The van der Waals surface area contributed by atoms with Gasteiger partial charge < -0.3 is 11.5 Å². The van der Waals surface area contributed by atoms with Crippen molar-refractivity contribution in [2.45, 2.75) is 27.2 Å². The van der Waals surface area contributed by atoms with Crippen molar-refractivity contribution in [2.24, 2.45) is 10.5 Å². The molecule has 0 aliphatic carbocycles. The molecule has 1 aromatic carbocycles. The summed E-state index contributed by atoms with van der Waals surface area (Å²) in [6.07, 6.45) is 2.77. The Hall–Kier alpha value is -1.71. The van der Waals surface area contributed by atoms with Gasteiger partial charge in [-0.3, -0.25) is 5.43 Å². The lowest BCUT2D eigenvalue weighted by Crippen LogP contribution is -2.05. The monoisotopic (exact) mass is 220 g/mol. The van der Waals surface area contributed by atoms with Crippen LogP contribution in [-0.4, -0.2) is 6.21 Å². The Kier molecular flexibility index (Phi) is 3.77. The van der Waals surface area contributed by atoms with Crippen molar-refractivity contribution in [1.29, 1.82) is 0 Å². The number of nitrogens with one attached hydrogen (secondary N) is 1. The van der Waals surface area contributed by atoms with Crippen LogP contribution in [0.4, 0.5) is 17.1 Å². The summed E-state index contributed by atoms with van der Waals surface area (Å²) >= 11 is 0. The summed E-state index contributed by atoms with van der Waals surface area (Å²) in [6, 6.07) is 5.32. The van der Waals surface area contributed by atoms with Crippen LogP contribution in [-0.2, 0) is 0 Å². The first-order chi connectivity index (χ1) is 7.38. The van der Waals surface area contributed by atoms with Gasteiger partial charge in [-0.2, -0.15) is 5.10 Å². The SMILES string of the molecule is CC(C)(C)C/C=N/Nc1ccc(N)cc1N. The average molecular weight is 220 g/mol. The normalized spacial score (nSPS) is 11.9. The molecule has 0 aliphatic rings. The first-order valence-corrected chi connectivity index (χ1v) is 5.31. The van der Waals surface area contributed by atoms with Gasteiger partial charge in [-0.05, 0) is 30.0 Å².